The molecule has 0 bridgehead atoms. The first kappa shape index (κ1) is 16.1. The maximum atomic E-state index is 12.9. The van der Waals surface area contributed by atoms with E-state index in [1.807, 2.05) is 57.2 Å². The molecule has 0 aromatic heterocycles. The van der Waals surface area contributed by atoms with Crippen LogP contribution in [0.2, 0.25) is 0 Å². The van der Waals surface area contributed by atoms with E-state index in [0.29, 0.717) is 5.69 Å². The van der Waals surface area contributed by atoms with Crippen molar-refractivity contribution in [1.29, 1.82) is 0 Å². The van der Waals surface area contributed by atoms with Crippen LogP contribution in [0.5, 0.6) is 0 Å². The van der Waals surface area contributed by atoms with Gasteiger partial charge in [0.15, 0.2) is 0 Å². The molecule has 0 radical (unpaired) electrons. The van der Waals surface area contributed by atoms with Crippen LogP contribution < -0.4 is 15.5 Å². The predicted molar refractivity (Wildman–Crippen MR) is 96.4 cm³/mol. The third-order valence-electron chi connectivity index (χ3n) is 4.38. The summed E-state index contributed by atoms with van der Waals surface area (Å²) in [6, 6.07) is 12.9. The molecule has 1 atom stereocenters. The van der Waals surface area contributed by atoms with Gasteiger partial charge in [-0.3, -0.25) is 14.5 Å². The topological polar surface area (TPSA) is 61.4 Å². The summed E-state index contributed by atoms with van der Waals surface area (Å²) in [5.41, 5.74) is 4.62. The summed E-state index contributed by atoms with van der Waals surface area (Å²) in [4.78, 5) is 26.3. The van der Waals surface area contributed by atoms with Crippen molar-refractivity contribution in [3.63, 3.8) is 0 Å². The Hall–Kier alpha value is -2.82. The molecule has 0 saturated heterocycles. The number of nitrogens with zero attached hydrogens (tertiary/aromatic N) is 1. The first-order valence-corrected chi connectivity index (χ1v) is 8.00. The quantitative estimate of drug-likeness (QED) is 0.912. The van der Waals surface area contributed by atoms with Crippen molar-refractivity contribution >= 4 is 28.9 Å². The van der Waals surface area contributed by atoms with Gasteiger partial charge >= 0.3 is 0 Å². The fourth-order valence-corrected chi connectivity index (χ4v) is 2.87. The molecule has 3 rings (SSSR count). The average molecular weight is 323 g/mol. The fraction of sp³-hybridized carbons (Fsp3) is 0.263. The van der Waals surface area contributed by atoms with Crippen molar-refractivity contribution in [2.45, 2.75) is 26.8 Å². The van der Waals surface area contributed by atoms with E-state index >= 15 is 0 Å². The lowest BCUT2D eigenvalue weighted by atomic mass is 10.1. The van der Waals surface area contributed by atoms with Crippen LogP contribution in [0.15, 0.2) is 42.5 Å². The molecule has 2 aromatic rings. The first-order chi connectivity index (χ1) is 11.5. The van der Waals surface area contributed by atoms with E-state index in [4.69, 9.17) is 0 Å². The molecule has 2 amide bonds. The minimum Gasteiger partial charge on any atom is -0.374 e. The van der Waals surface area contributed by atoms with Crippen molar-refractivity contribution in [2.24, 2.45) is 0 Å². The molecule has 2 N–H and O–H groups in total. The van der Waals surface area contributed by atoms with Crippen molar-refractivity contribution in [3.8, 4) is 0 Å². The molecule has 0 saturated carbocycles. The molecule has 5 heteroatoms. The third-order valence-corrected chi connectivity index (χ3v) is 4.38. The largest absolute Gasteiger partial charge is 0.374 e. The Kier molecular flexibility index (Phi) is 4.25. The summed E-state index contributed by atoms with van der Waals surface area (Å²) in [5.74, 6) is -0.306. The lowest BCUT2D eigenvalue weighted by molar-refractivity contribution is -0.122. The molecule has 1 aliphatic heterocycles. The number of carbonyl (C=O) groups excluding carboxylic acids is 2. The Morgan fingerprint density at radius 2 is 1.92 bits per heavy atom. The first-order valence-electron chi connectivity index (χ1n) is 8.00. The monoisotopic (exact) mass is 323 g/mol. The molecule has 2 aromatic carbocycles. The van der Waals surface area contributed by atoms with Crippen LogP contribution in [0.3, 0.4) is 0 Å². The van der Waals surface area contributed by atoms with Crippen LogP contribution in [-0.2, 0) is 9.59 Å². The highest BCUT2D eigenvalue weighted by Gasteiger charge is 2.29. The van der Waals surface area contributed by atoms with Crippen molar-refractivity contribution in [3.05, 3.63) is 53.6 Å². The molecule has 124 valence electrons. The Morgan fingerprint density at radius 1 is 1.17 bits per heavy atom. The van der Waals surface area contributed by atoms with Gasteiger partial charge < -0.3 is 10.6 Å². The van der Waals surface area contributed by atoms with Crippen LogP contribution in [0.4, 0.5) is 17.1 Å². The zero-order chi connectivity index (χ0) is 17.3. The molecule has 0 spiro atoms. The van der Waals surface area contributed by atoms with Crippen LogP contribution in [-0.4, -0.2) is 24.4 Å². The van der Waals surface area contributed by atoms with Gasteiger partial charge in [0, 0.05) is 5.69 Å². The van der Waals surface area contributed by atoms with Gasteiger partial charge in [0.25, 0.3) is 0 Å². The van der Waals surface area contributed by atoms with Gasteiger partial charge in [-0.25, -0.2) is 0 Å². The third kappa shape index (κ3) is 2.97. The summed E-state index contributed by atoms with van der Waals surface area (Å²) < 4.78 is 0. The molecule has 5 nitrogen and oxygen atoms in total. The number of amides is 2. The number of carbonyl (C=O) groups is 2. The second-order valence-corrected chi connectivity index (χ2v) is 6.10. The zero-order valence-corrected chi connectivity index (χ0v) is 14.1. The Balaban J connectivity index is 1.84. The highest BCUT2D eigenvalue weighted by Crippen LogP contribution is 2.29. The molecular formula is C19H21N3O2. The number of aryl methyl sites for hydroxylation is 1. The van der Waals surface area contributed by atoms with Gasteiger partial charge in [-0.2, -0.15) is 0 Å². The number of rotatable bonds is 3. The fourth-order valence-electron chi connectivity index (χ4n) is 2.87. The van der Waals surface area contributed by atoms with E-state index in [-0.39, 0.29) is 18.4 Å². The van der Waals surface area contributed by atoms with Gasteiger partial charge in [-0.05, 0) is 50.1 Å². The molecule has 1 aliphatic rings. The summed E-state index contributed by atoms with van der Waals surface area (Å²) in [6.45, 7) is 5.92. The van der Waals surface area contributed by atoms with Crippen LogP contribution in [0.25, 0.3) is 0 Å². The number of para-hydroxylation sites is 2. The minimum atomic E-state index is -0.440. The Labute approximate surface area is 141 Å². The molecular weight excluding hydrogens is 302 g/mol. The van der Waals surface area contributed by atoms with Crippen molar-refractivity contribution in [1.82, 2.24) is 0 Å². The SMILES string of the molecule is Cc1cccc(N[C@H](C)C(=O)N2CC(=O)Nc3ccccc32)c1C. The molecule has 0 unspecified atom stereocenters. The van der Waals surface area contributed by atoms with Gasteiger partial charge in [0.05, 0.1) is 11.4 Å². The van der Waals surface area contributed by atoms with Crippen LogP contribution in [0, 0.1) is 13.8 Å². The predicted octanol–water partition coefficient (Wildman–Crippen LogP) is 3.09. The molecule has 24 heavy (non-hydrogen) atoms. The molecule has 1 heterocycles. The number of fused-ring (bicyclic) bond motifs is 1. The highest BCUT2D eigenvalue weighted by atomic mass is 16.2. The highest BCUT2D eigenvalue weighted by molar-refractivity contribution is 6.11. The van der Waals surface area contributed by atoms with E-state index < -0.39 is 6.04 Å². The zero-order valence-electron chi connectivity index (χ0n) is 14.1. The molecule has 0 aliphatic carbocycles. The standard InChI is InChI=1S/C19H21N3O2/c1-12-7-6-9-15(13(12)2)20-14(3)19(24)22-11-18(23)21-16-8-4-5-10-17(16)22/h4-10,14,20H,11H2,1-3H3,(H,21,23)/t14-/m1/s1. The molecule has 0 fully saturated rings. The van der Waals surface area contributed by atoms with Gasteiger partial charge in [0.2, 0.25) is 11.8 Å². The normalized spacial score (nSPS) is 14.6. The lowest BCUT2D eigenvalue weighted by Gasteiger charge is -2.31. The Morgan fingerprint density at radius 3 is 2.71 bits per heavy atom. The number of benzene rings is 2. The van der Waals surface area contributed by atoms with Gasteiger partial charge in [0.1, 0.15) is 12.6 Å². The van der Waals surface area contributed by atoms with Gasteiger partial charge in [-0.15, -0.1) is 0 Å². The summed E-state index contributed by atoms with van der Waals surface area (Å²) in [6.07, 6.45) is 0. The summed E-state index contributed by atoms with van der Waals surface area (Å²) in [5, 5.41) is 6.07. The Bertz CT molecular complexity index is 801. The maximum absolute atomic E-state index is 12.9. The number of anilines is 3. The summed E-state index contributed by atoms with van der Waals surface area (Å²) in [7, 11) is 0. The smallest absolute Gasteiger partial charge is 0.249 e. The van der Waals surface area contributed by atoms with Crippen LogP contribution in [0.1, 0.15) is 18.1 Å². The number of hydrogen-bond donors (Lipinski definition) is 2. The second-order valence-electron chi connectivity index (χ2n) is 6.10. The van der Waals surface area contributed by atoms with Crippen molar-refractivity contribution < 1.29 is 9.59 Å². The van der Waals surface area contributed by atoms with E-state index in [2.05, 4.69) is 10.6 Å². The van der Waals surface area contributed by atoms with Crippen LogP contribution >= 0.6 is 0 Å². The minimum absolute atomic E-state index is 0.0364. The number of nitrogens with one attached hydrogen (secondary N) is 2. The summed E-state index contributed by atoms with van der Waals surface area (Å²) >= 11 is 0. The van der Waals surface area contributed by atoms with E-state index in [9.17, 15) is 9.59 Å². The van der Waals surface area contributed by atoms with E-state index in [1.165, 1.54) is 10.5 Å². The maximum Gasteiger partial charge on any atom is 0.249 e. The number of hydrogen-bond acceptors (Lipinski definition) is 3. The lowest BCUT2D eigenvalue weighted by Crippen LogP contribution is -2.47. The van der Waals surface area contributed by atoms with E-state index in [1.54, 1.807) is 6.07 Å². The van der Waals surface area contributed by atoms with E-state index in [0.717, 1.165) is 16.9 Å². The van der Waals surface area contributed by atoms with Crippen molar-refractivity contribution in [2.75, 3.05) is 22.1 Å². The second kappa shape index (κ2) is 6.35. The van der Waals surface area contributed by atoms with Gasteiger partial charge in [-0.1, -0.05) is 24.3 Å². The average Bonchev–Trinajstić information content (AvgIpc) is 2.57.